The van der Waals surface area contributed by atoms with E-state index in [1.807, 2.05) is 38.0 Å². The molecule has 1 rings (SSSR count). The maximum Gasteiger partial charge on any atom is 0.300 e. The fourth-order valence-corrected chi connectivity index (χ4v) is 1.98. The van der Waals surface area contributed by atoms with Gasteiger partial charge in [-0.05, 0) is 43.5 Å². The van der Waals surface area contributed by atoms with Crippen LogP contribution < -0.4 is 20.8 Å². The van der Waals surface area contributed by atoms with E-state index in [0.29, 0.717) is 5.75 Å². The number of benzene rings is 1. The third-order valence-corrected chi connectivity index (χ3v) is 3.02. The largest absolute Gasteiger partial charge is 0.483 e. The third kappa shape index (κ3) is 4.49. The number of aryl methyl sites for hydroxylation is 2. The van der Waals surface area contributed by atoms with Gasteiger partial charge in [-0.15, -0.1) is 0 Å². The molecule has 6 nitrogen and oxygen atoms in total. The molecule has 100 valence electrons. The van der Waals surface area contributed by atoms with E-state index in [0.717, 1.165) is 16.7 Å². The minimum Gasteiger partial charge on any atom is -0.483 e. The molecule has 1 aromatic rings. The molecule has 5 N–H and O–H groups in total. The number of rotatable bonds is 4. The summed E-state index contributed by atoms with van der Waals surface area (Å²) in [4.78, 5) is 11.3. The normalized spacial score (nSPS) is 11.2. The van der Waals surface area contributed by atoms with Crippen molar-refractivity contribution in [1.82, 2.24) is 5.09 Å². The highest BCUT2D eigenvalue weighted by Gasteiger charge is 2.14. The lowest BCUT2D eigenvalue weighted by molar-refractivity contribution is -0.121. The Balaban J connectivity index is 2.70. The van der Waals surface area contributed by atoms with E-state index in [1.54, 1.807) is 0 Å². The molecule has 0 aliphatic rings. The van der Waals surface area contributed by atoms with E-state index in [4.69, 9.17) is 15.7 Å². The van der Waals surface area contributed by atoms with Crippen LogP contribution >= 0.6 is 7.59 Å². The minimum absolute atomic E-state index is 0.276. The molecular weight excluding hydrogens is 253 g/mol. The molecule has 0 heterocycles. The van der Waals surface area contributed by atoms with Crippen LogP contribution in [0.2, 0.25) is 0 Å². The molecule has 0 radical (unpaired) electrons. The summed E-state index contributed by atoms with van der Waals surface area (Å²) < 4.78 is 16.3. The summed E-state index contributed by atoms with van der Waals surface area (Å²) >= 11 is 0. The highest BCUT2D eigenvalue weighted by atomic mass is 31.2. The van der Waals surface area contributed by atoms with Crippen LogP contribution in [0.1, 0.15) is 16.7 Å². The molecule has 1 amide bonds. The quantitative estimate of drug-likeness (QED) is 0.711. The number of nitrogens with two attached hydrogens (primary N) is 2. The Kier molecular flexibility index (Phi) is 4.51. The van der Waals surface area contributed by atoms with E-state index >= 15 is 0 Å². The first-order valence-electron chi connectivity index (χ1n) is 5.38. The van der Waals surface area contributed by atoms with Crippen molar-refractivity contribution in [3.63, 3.8) is 0 Å². The van der Waals surface area contributed by atoms with Gasteiger partial charge in [-0.1, -0.05) is 6.07 Å². The summed E-state index contributed by atoms with van der Waals surface area (Å²) in [6, 6.07) is 3.86. The number of amides is 1. The van der Waals surface area contributed by atoms with Crippen molar-refractivity contribution in [2.24, 2.45) is 11.0 Å². The Labute approximate surface area is 106 Å². The first-order chi connectivity index (χ1) is 8.19. The number of ether oxygens (including phenoxy) is 1. The maximum absolute atomic E-state index is 11.3. The predicted octanol–water partition coefficient (Wildman–Crippen LogP) is 1.13. The first-order valence-corrected chi connectivity index (χ1v) is 7.22. The predicted molar refractivity (Wildman–Crippen MR) is 70.3 cm³/mol. The number of hydrogen-bond donors (Lipinski definition) is 3. The van der Waals surface area contributed by atoms with Crippen molar-refractivity contribution in [2.75, 3.05) is 6.61 Å². The molecule has 0 atom stereocenters. The zero-order valence-corrected chi connectivity index (χ0v) is 11.6. The van der Waals surface area contributed by atoms with Gasteiger partial charge in [0.2, 0.25) is 0 Å². The van der Waals surface area contributed by atoms with Gasteiger partial charge in [0.05, 0.1) is 0 Å². The van der Waals surface area contributed by atoms with Gasteiger partial charge in [-0.2, -0.15) is 0 Å². The minimum atomic E-state index is -3.55. The van der Waals surface area contributed by atoms with Gasteiger partial charge >= 0.3 is 0 Å². The Morgan fingerprint density at radius 1 is 1.33 bits per heavy atom. The van der Waals surface area contributed by atoms with Crippen molar-refractivity contribution in [3.8, 4) is 5.75 Å². The number of hydrogen-bond acceptors (Lipinski definition) is 3. The van der Waals surface area contributed by atoms with Crippen LogP contribution in [0, 0.1) is 20.8 Å². The topological polar surface area (TPSA) is 107 Å². The molecular formula is C11H18N3O3P. The molecule has 0 aromatic heterocycles. The molecule has 0 fully saturated rings. The van der Waals surface area contributed by atoms with Crippen molar-refractivity contribution < 1.29 is 14.1 Å². The smallest absolute Gasteiger partial charge is 0.300 e. The van der Waals surface area contributed by atoms with Crippen molar-refractivity contribution in [1.29, 1.82) is 0 Å². The lowest BCUT2D eigenvalue weighted by Gasteiger charge is -2.13. The molecule has 0 spiro atoms. The number of nitrogens with one attached hydrogen (secondary N) is 1. The van der Waals surface area contributed by atoms with Crippen LogP contribution in [0.4, 0.5) is 0 Å². The molecule has 0 saturated heterocycles. The van der Waals surface area contributed by atoms with Gasteiger partial charge in [-0.3, -0.25) is 25.5 Å². The summed E-state index contributed by atoms with van der Waals surface area (Å²) in [6.07, 6.45) is 0. The van der Waals surface area contributed by atoms with E-state index in [-0.39, 0.29) is 6.61 Å². The first kappa shape index (κ1) is 14.7. The van der Waals surface area contributed by atoms with Crippen LogP contribution in [0.15, 0.2) is 12.1 Å². The second-order valence-electron chi connectivity index (χ2n) is 4.24. The van der Waals surface area contributed by atoms with E-state index in [9.17, 15) is 9.36 Å². The summed E-state index contributed by atoms with van der Waals surface area (Å²) in [7, 11) is -3.55. The Morgan fingerprint density at radius 3 is 2.50 bits per heavy atom. The van der Waals surface area contributed by atoms with Gasteiger partial charge < -0.3 is 4.74 Å². The molecule has 1 aromatic carbocycles. The average molecular weight is 271 g/mol. The van der Waals surface area contributed by atoms with E-state index in [1.165, 1.54) is 0 Å². The SMILES string of the molecule is Cc1cc(C)c(C)c(OCC(=O)NP(N)(N)=O)c1. The third-order valence-electron chi connectivity index (χ3n) is 2.42. The lowest BCUT2D eigenvalue weighted by atomic mass is 10.1. The van der Waals surface area contributed by atoms with Gasteiger partial charge in [0.25, 0.3) is 13.5 Å². The van der Waals surface area contributed by atoms with Crippen molar-refractivity contribution >= 4 is 13.5 Å². The summed E-state index contributed by atoms with van der Waals surface area (Å²) in [5.74, 6) is 0.00779. The standard InChI is InChI=1S/C11H18N3O3P/c1-7-4-8(2)9(3)10(5-7)17-6-11(15)14-18(12,13)16/h4-5H,6H2,1-3H3,(H5,12,13,14,15,16). The van der Waals surface area contributed by atoms with E-state index < -0.39 is 13.5 Å². The molecule has 0 aliphatic carbocycles. The fourth-order valence-electron chi connectivity index (χ4n) is 1.52. The van der Waals surface area contributed by atoms with Gasteiger partial charge in [0.1, 0.15) is 5.75 Å². The van der Waals surface area contributed by atoms with Crippen molar-refractivity contribution in [2.45, 2.75) is 20.8 Å². The number of carbonyl (C=O) groups excluding carboxylic acids is 1. The van der Waals surface area contributed by atoms with Crippen molar-refractivity contribution in [3.05, 3.63) is 28.8 Å². The fraction of sp³-hybridized carbons (Fsp3) is 0.364. The molecule has 18 heavy (non-hydrogen) atoms. The molecule has 0 unspecified atom stereocenters. The Bertz CT molecular complexity index is 511. The molecule has 0 bridgehead atoms. The molecule has 7 heteroatoms. The summed E-state index contributed by atoms with van der Waals surface area (Å²) in [6.45, 7) is 5.53. The van der Waals surface area contributed by atoms with Crippen LogP contribution in [0.3, 0.4) is 0 Å². The summed E-state index contributed by atoms with van der Waals surface area (Å²) in [5.41, 5.74) is 13.1. The van der Waals surface area contributed by atoms with Crippen LogP contribution in [-0.4, -0.2) is 12.5 Å². The van der Waals surface area contributed by atoms with Crippen LogP contribution in [-0.2, 0) is 9.36 Å². The number of carbonyl (C=O) groups is 1. The highest BCUT2D eigenvalue weighted by Crippen LogP contribution is 2.23. The van der Waals surface area contributed by atoms with Gasteiger partial charge in [-0.25, -0.2) is 0 Å². The van der Waals surface area contributed by atoms with Crippen LogP contribution in [0.5, 0.6) is 5.75 Å². The summed E-state index contributed by atoms with van der Waals surface area (Å²) in [5, 5.41) is 1.99. The average Bonchev–Trinajstić information content (AvgIpc) is 2.18. The monoisotopic (exact) mass is 271 g/mol. The van der Waals surface area contributed by atoms with E-state index in [2.05, 4.69) is 0 Å². The lowest BCUT2D eigenvalue weighted by Crippen LogP contribution is -2.32. The molecule has 0 aliphatic heterocycles. The Morgan fingerprint density at radius 2 is 1.94 bits per heavy atom. The Hall–Kier alpha value is -1.36. The second kappa shape index (κ2) is 5.52. The zero-order chi connectivity index (χ0) is 13.9. The zero-order valence-electron chi connectivity index (χ0n) is 10.7. The van der Waals surface area contributed by atoms with Gasteiger partial charge in [0.15, 0.2) is 6.61 Å². The van der Waals surface area contributed by atoms with Gasteiger partial charge in [0, 0.05) is 0 Å². The second-order valence-corrected chi connectivity index (χ2v) is 5.88. The van der Waals surface area contributed by atoms with Crippen LogP contribution in [0.25, 0.3) is 0 Å². The molecule has 0 saturated carbocycles. The highest BCUT2D eigenvalue weighted by molar-refractivity contribution is 7.57. The maximum atomic E-state index is 11.3.